The first-order valence-electron chi connectivity index (χ1n) is 7.68. The SMILES string of the molecule is CCOC(=O)N1CCN(S(=O)(=O)c2cc(OC)c(Cl)cc2OC)CC1. The molecular weight excluding hydrogens is 372 g/mol. The van der Waals surface area contributed by atoms with Crippen LogP contribution < -0.4 is 9.47 Å². The van der Waals surface area contributed by atoms with Crippen LogP contribution in [0.4, 0.5) is 4.79 Å². The average Bonchev–Trinajstić information content (AvgIpc) is 2.61. The highest BCUT2D eigenvalue weighted by molar-refractivity contribution is 7.89. The standard InChI is InChI=1S/C15H21ClN2O6S/c1-4-24-15(19)17-5-7-18(8-6-17)25(20,21)14-10-12(22-2)11(16)9-13(14)23-3/h9-10H,4-8H2,1-3H3. The Kier molecular flexibility index (Phi) is 6.36. The lowest BCUT2D eigenvalue weighted by Gasteiger charge is -2.33. The molecule has 1 heterocycles. The summed E-state index contributed by atoms with van der Waals surface area (Å²) in [5.74, 6) is 0.379. The Morgan fingerprint density at radius 2 is 1.72 bits per heavy atom. The third-order valence-corrected chi connectivity index (χ3v) is 6.04. The number of hydrogen-bond acceptors (Lipinski definition) is 6. The van der Waals surface area contributed by atoms with Crippen molar-refractivity contribution in [3.63, 3.8) is 0 Å². The molecule has 1 fully saturated rings. The molecule has 1 saturated heterocycles. The van der Waals surface area contributed by atoms with Crippen molar-refractivity contribution < 1.29 is 27.4 Å². The van der Waals surface area contributed by atoms with Gasteiger partial charge in [-0.15, -0.1) is 0 Å². The number of carbonyl (C=O) groups excluding carboxylic acids is 1. The topological polar surface area (TPSA) is 85.4 Å². The molecule has 0 aromatic heterocycles. The number of sulfonamides is 1. The Morgan fingerprint density at radius 3 is 2.24 bits per heavy atom. The van der Waals surface area contributed by atoms with Crippen LogP contribution in [0, 0.1) is 0 Å². The number of halogens is 1. The molecule has 10 heteroatoms. The Hall–Kier alpha value is -1.71. The Labute approximate surface area is 152 Å². The molecule has 140 valence electrons. The van der Waals surface area contributed by atoms with Crippen LogP contribution in [0.5, 0.6) is 11.5 Å². The van der Waals surface area contributed by atoms with E-state index in [2.05, 4.69) is 0 Å². The quantitative estimate of drug-likeness (QED) is 0.759. The number of hydrogen-bond donors (Lipinski definition) is 0. The second-order valence-corrected chi connectivity index (χ2v) is 7.54. The van der Waals surface area contributed by atoms with E-state index in [1.807, 2.05) is 0 Å². The zero-order chi connectivity index (χ0) is 18.6. The van der Waals surface area contributed by atoms with Crippen molar-refractivity contribution in [2.24, 2.45) is 0 Å². The van der Waals surface area contributed by atoms with E-state index in [1.54, 1.807) is 6.92 Å². The molecule has 8 nitrogen and oxygen atoms in total. The summed E-state index contributed by atoms with van der Waals surface area (Å²) >= 11 is 6.03. The van der Waals surface area contributed by atoms with E-state index in [4.69, 9.17) is 25.8 Å². The van der Waals surface area contributed by atoms with Crippen molar-refractivity contribution in [3.8, 4) is 11.5 Å². The predicted molar refractivity (Wildman–Crippen MR) is 91.9 cm³/mol. The highest BCUT2D eigenvalue weighted by Crippen LogP contribution is 2.36. The molecule has 1 aromatic rings. The van der Waals surface area contributed by atoms with Crippen LogP contribution in [0.2, 0.25) is 5.02 Å². The van der Waals surface area contributed by atoms with Gasteiger partial charge in [-0.1, -0.05) is 11.6 Å². The van der Waals surface area contributed by atoms with Crippen molar-refractivity contribution in [1.82, 2.24) is 9.21 Å². The van der Waals surface area contributed by atoms with Gasteiger partial charge in [0.25, 0.3) is 0 Å². The van der Waals surface area contributed by atoms with Gasteiger partial charge in [-0.3, -0.25) is 0 Å². The summed E-state index contributed by atoms with van der Waals surface area (Å²) < 4.78 is 42.4. The third kappa shape index (κ3) is 4.10. The fraction of sp³-hybridized carbons (Fsp3) is 0.533. The first-order chi connectivity index (χ1) is 11.8. The molecular formula is C15H21ClN2O6S. The largest absolute Gasteiger partial charge is 0.495 e. The minimum Gasteiger partial charge on any atom is -0.495 e. The molecule has 25 heavy (non-hydrogen) atoms. The number of methoxy groups -OCH3 is 2. The Balaban J connectivity index is 2.24. The smallest absolute Gasteiger partial charge is 0.409 e. The number of amides is 1. The first kappa shape index (κ1) is 19.6. The fourth-order valence-corrected chi connectivity index (χ4v) is 4.30. The molecule has 1 amide bonds. The van der Waals surface area contributed by atoms with Gasteiger partial charge in [-0.25, -0.2) is 13.2 Å². The molecule has 0 radical (unpaired) electrons. The van der Waals surface area contributed by atoms with E-state index in [0.29, 0.717) is 0 Å². The summed E-state index contributed by atoms with van der Waals surface area (Å²) in [5, 5.41) is 0.255. The summed E-state index contributed by atoms with van der Waals surface area (Å²) in [5.41, 5.74) is 0. The lowest BCUT2D eigenvalue weighted by Crippen LogP contribution is -2.50. The van der Waals surface area contributed by atoms with Crippen molar-refractivity contribution in [2.75, 3.05) is 47.0 Å². The van der Waals surface area contributed by atoms with Gasteiger partial charge in [0, 0.05) is 38.3 Å². The molecule has 0 aliphatic carbocycles. The number of carbonyl (C=O) groups is 1. The van der Waals surface area contributed by atoms with E-state index in [-0.39, 0.29) is 54.2 Å². The zero-order valence-electron chi connectivity index (χ0n) is 14.3. The monoisotopic (exact) mass is 392 g/mol. The Morgan fingerprint density at radius 1 is 1.12 bits per heavy atom. The summed E-state index contributed by atoms with van der Waals surface area (Å²) in [4.78, 5) is 13.2. The molecule has 0 bridgehead atoms. The molecule has 0 atom stereocenters. The highest BCUT2D eigenvalue weighted by Gasteiger charge is 2.33. The van der Waals surface area contributed by atoms with Crippen LogP contribution >= 0.6 is 11.6 Å². The lowest BCUT2D eigenvalue weighted by molar-refractivity contribution is 0.0934. The van der Waals surface area contributed by atoms with Crippen LogP contribution in [-0.2, 0) is 14.8 Å². The molecule has 0 saturated carbocycles. The van der Waals surface area contributed by atoms with Crippen LogP contribution in [0.1, 0.15) is 6.92 Å². The van der Waals surface area contributed by atoms with E-state index in [1.165, 1.54) is 35.6 Å². The Bertz CT molecular complexity index is 732. The molecule has 2 rings (SSSR count). The van der Waals surface area contributed by atoms with Gasteiger partial charge in [0.15, 0.2) is 0 Å². The van der Waals surface area contributed by atoms with E-state index in [0.717, 1.165) is 0 Å². The second-order valence-electron chi connectivity index (χ2n) is 5.23. The maximum absolute atomic E-state index is 13.0. The van der Waals surface area contributed by atoms with Gasteiger partial charge in [0.05, 0.1) is 25.8 Å². The minimum absolute atomic E-state index is 0.0270. The van der Waals surface area contributed by atoms with Gasteiger partial charge in [-0.2, -0.15) is 4.31 Å². The maximum atomic E-state index is 13.0. The molecule has 0 unspecified atom stereocenters. The van der Waals surface area contributed by atoms with E-state index in [9.17, 15) is 13.2 Å². The molecule has 1 aromatic carbocycles. The molecule has 0 spiro atoms. The van der Waals surface area contributed by atoms with Crippen molar-refractivity contribution in [3.05, 3.63) is 17.2 Å². The molecule has 1 aliphatic heterocycles. The maximum Gasteiger partial charge on any atom is 0.409 e. The predicted octanol–water partition coefficient (Wildman–Crippen LogP) is 1.82. The summed E-state index contributed by atoms with van der Waals surface area (Å²) in [6.45, 7) is 2.83. The minimum atomic E-state index is -3.82. The summed E-state index contributed by atoms with van der Waals surface area (Å²) in [6, 6.07) is 2.75. The lowest BCUT2D eigenvalue weighted by atomic mass is 10.3. The molecule has 1 aliphatic rings. The van der Waals surface area contributed by atoms with E-state index < -0.39 is 16.1 Å². The second kappa shape index (κ2) is 8.11. The first-order valence-corrected chi connectivity index (χ1v) is 9.50. The number of benzene rings is 1. The third-order valence-electron chi connectivity index (χ3n) is 3.82. The fourth-order valence-electron chi connectivity index (χ4n) is 2.50. The zero-order valence-corrected chi connectivity index (χ0v) is 15.9. The number of nitrogens with zero attached hydrogens (tertiary/aromatic N) is 2. The highest BCUT2D eigenvalue weighted by atomic mass is 35.5. The van der Waals surface area contributed by atoms with Crippen LogP contribution in [0.15, 0.2) is 17.0 Å². The van der Waals surface area contributed by atoms with Gasteiger partial charge >= 0.3 is 6.09 Å². The average molecular weight is 393 g/mol. The van der Waals surface area contributed by atoms with Gasteiger partial charge in [-0.05, 0) is 6.92 Å². The van der Waals surface area contributed by atoms with Crippen molar-refractivity contribution >= 4 is 27.7 Å². The van der Waals surface area contributed by atoms with E-state index >= 15 is 0 Å². The van der Waals surface area contributed by atoms with Crippen molar-refractivity contribution in [2.45, 2.75) is 11.8 Å². The number of piperazine rings is 1. The summed E-state index contributed by atoms with van der Waals surface area (Å²) in [7, 11) is -1.05. The van der Waals surface area contributed by atoms with Crippen LogP contribution in [-0.4, -0.2) is 70.7 Å². The number of ether oxygens (including phenoxy) is 3. The van der Waals surface area contributed by atoms with Gasteiger partial charge in [0.1, 0.15) is 16.4 Å². The van der Waals surface area contributed by atoms with Crippen LogP contribution in [0.25, 0.3) is 0 Å². The van der Waals surface area contributed by atoms with Gasteiger partial charge in [0.2, 0.25) is 10.0 Å². The summed E-state index contributed by atoms with van der Waals surface area (Å²) in [6.07, 6.45) is -0.440. The van der Waals surface area contributed by atoms with Crippen molar-refractivity contribution in [1.29, 1.82) is 0 Å². The molecule has 0 N–H and O–H groups in total. The van der Waals surface area contributed by atoms with Crippen LogP contribution in [0.3, 0.4) is 0 Å². The van der Waals surface area contributed by atoms with Gasteiger partial charge < -0.3 is 19.1 Å². The normalized spacial score (nSPS) is 15.8. The number of rotatable bonds is 5.